The molecular formula is C30H30Cl3FN2O2. The number of carbonyl (C=O) groups excluding carboxylic acids is 2. The molecule has 8 heteroatoms. The third-order valence-electron chi connectivity index (χ3n) is 6.97. The smallest absolute Gasteiger partial charge is 0.243 e. The zero-order valence-corrected chi connectivity index (χ0v) is 23.2. The van der Waals surface area contributed by atoms with Gasteiger partial charge in [-0.25, -0.2) is 4.39 Å². The maximum absolute atomic E-state index is 14.7. The molecule has 0 spiro atoms. The SMILES string of the molecule is O=C(NC1CCCCC1)[C@H](Cc1ccccc1)N(Cc1ccc(Cl)cc1Cl)C(=O)Cc1c(F)cccc1Cl. The monoisotopic (exact) mass is 574 g/mol. The summed E-state index contributed by atoms with van der Waals surface area (Å²) in [4.78, 5) is 29.2. The van der Waals surface area contributed by atoms with Gasteiger partial charge >= 0.3 is 0 Å². The van der Waals surface area contributed by atoms with E-state index in [1.807, 2.05) is 30.3 Å². The zero-order chi connectivity index (χ0) is 27.1. The number of hydrogen-bond acceptors (Lipinski definition) is 2. The lowest BCUT2D eigenvalue weighted by molar-refractivity contribution is -0.141. The largest absolute Gasteiger partial charge is 0.352 e. The van der Waals surface area contributed by atoms with Crippen LogP contribution in [0.3, 0.4) is 0 Å². The van der Waals surface area contributed by atoms with Crippen LogP contribution in [0.1, 0.15) is 48.8 Å². The van der Waals surface area contributed by atoms with E-state index in [4.69, 9.17) is 34.8 Å². The van der Waals surface area contributed by atoms with E-state index in [0.717, 1.165) is 37.7 Å². The van der Waals surface area contributed by atoms with Gasteiger partial charge in [0.1, 0.15) is 11.9 Å². The molecule has 3 aromatic carbocycles. The molecule has 200 valence electrons. The van der Waals surface area contributed by atoms with Crippen molar-refractivity contribution in [3.63, 3.8) is 0 Å². The van der Waals surface area contributed by atoms with Gasteiger partial charge in [0.15, 0.2) is 0 Å². The summed E-state index contributed by atoms with van der Waals surface area (Å²) in [7, 11) is 0. The summed E-state index contributed by atoms with van der Waals surface area (Å²) < 4.78 is 14.7. The van der Waals surface area contributed by atoms with Crippen LogP contribution in [0.25, 0.3) is 0 Å². The van der Waals surface area contributed by atoms with Gasteiger partial charge in [-0.1, -0.05) is 96.5 Å². The zero-order valence-electron chi connectivity index (χ0n) is 20.9. The second-order valence-corrected chi connectivity index (χ2v) is 10.9. The second kappa shape index (κ2) is 13.5. The molecule has 1 fully saturated rings. The standard InChI is InChI=1S/C30H30Cl3FN2O2/c31-22-15-14-21(26(33)17-22)19-36(29(37)18-24-25(32)12-7-13-27(24)34)28(16-20-8-3-1-4-9-20)30(38)35-23-10-5-2-6-11-23/h1,3-4,7-9,12-15,17,23,28H,2,5-6,10-11,16,18-19H2,(H,35,38)/t28-/m0/s1. The highest BCUT2D eigenvalue weighted by Crippen LogP contribution is 2.26. The molecule has 0 heterocycles. The van der Waals surface area contributed by atoms with Gasteiger partial charge in [0.2, 0.25) is 11.8 Å². The van der Waals surface area contributed by atoms with Crippen LogP contribution in [0.2, 0.25) is 15.1 Å². The Morgan fingerprint density at radius 2 is 1.66 bits per heavy atom. The predicted molar refractivity (Wildman–Crippen MR) is 151 cm³/mol. The lowest BCUT2D eigenvalue weighted by atomic mass is 9.94. The van der Waals surface area contributed by atoms with Crippen molar-refractivity contribution >= 4 is 46.6 Å². The average molecular weight is 576 g/mol. The molecule has 0 bridgehead atoms. The van der Waals surface area contributed by atoms with Gasteiger partial charge in [0.25, 0.3) is 0 Å². The van der Waals surface area contributed by atoms with Gasteiger partial charge < -0.3 is 10.2 Å². The first-order valence-corrected chi connectivity index (χ1v) is 14.0. The minimum Gasteiger partial charge on any atom is -0.352 e. The third kappa shape index (κ3) is 7.49. The number of nitrogens with zero attached hydrogens (tertiary/aromatic N) is 1. The predicted octanol–water partition coefficient (Wildman–Crippen LogP) is 7.42. The Labute approximate surface area is 238 Å². The Morgan fingerprint density at radius 1 is 0.921 bits per heavy atom. The first kappa shape index (κ1) is 28.4. The Balaban J connectivity index is 1.71. The van der Waals surface area contributed by atoms with Crippen LogP contribution in [-0.4, -0.2) is 28.8 Å². The molecule has 1 aliphatic carbocycles. The van der Waals surface area contributed by atoms with E-state index in [9.17, 15) is 14.0 Å². The minimum atomic E-state index is -0.843. The lowest BCUT2D eigenvalue weighted by Gasteiger charge is -2.34. The van der Waals surface area contributed by atoms with Gasteiger partial charge in [-0.2, -0.15) is 0 Å². The highest BCUT2D eigenvalue weighted by molar-refractivity contribution is 6.35. The summed E-state index contributed by atoms with van der Waals surface area (Å²) in [5.41, 5.74) is 1.63. The van der Waals surface area contributed by atoms with Crippen LogP contribution < -0.4 is 5.32 Å². The highest BCUT2D eigenvalue weighted by atomic mass is 35.5. The van der Waals surface area contributed by atoms with Crippen molar-refractivity contribution in [1.82, 2.24) is 10.2 Å². The highest BCUT2D eigenvalue weighted by Gasteiger charge is 2.33. The lowest BCUT2D eigenvalue weighted by Crippen LogP contribution is -2.53. The van der Waals surface area contributed by atoms with E-state index >= 15 is 0 Å². The van der Waals surface area contributed by atoms with Crippen molar-refractivity contribution < 1.29 is 14.0 Å². The van der Waals surface area contributed by atoms with E-state index in [-0.39, 0.29) is 35.5 Å². The second-order valence-electron chi connectivity index (χ2n) is 9.68. The van der Waals surface area contributed by atoms with E-state index in [0.29, 0.717) is 22.0 Å². The number of rotatable bonds is 9. The van der Waals surface area contributed by atoms with Crippen molar-refractivity contribution in [1.29, 1.82) is 0 Å². The fourth-order valence-electron chi connectivity index (χ4n) is 4.89. The molecule has 1 N–H and O–H groups in total. The van der Waals surface area contributed by atoms with Crippen LogP contribution in [0.5, 0.6) is 0 Å². The fourth-order valence-corrected chi connectivity index (χ4v) is 5.58. The maximum atomic E-state index is 14.7. The van der Waals surface area contributed by atoms with E-state index in [1.165, 1.54) is 17.0 Å². The number of hydrogen-bond donors (Lipinski definition) is 1. The van der Waals surface area contributed by atoms with E-state index in [2.05, 4.69) is 5.32 Å². The average Bonchev–Trinajstić information content (AvgIpc) is 2.90. The number of amides is 2. The molecule has 2 amide bonds. The summed E-state index contributed by atoms with van der Waals surface area (Å²) in [6, 6.07) is 18.1. The van der Waals surface area contributed by atoms with E-state index < -0.39 is 17.8 Å². The Hall–Kier alpha value is -2.60. The van der Waals surface area contributed by atoms with Crippen molar-refractivity contribution in [2.75, 3.05) is 0 Å². The molecule has 4 nitrogen and oxygen atoms in total. The summed E-state index contributed by atoms with van der Waals surface area (Å²) in [5, 5.41) is 4.19. The summed E-state index contributed by atoms with van der Waals surface area (Å²) >= 11 is 18.8. The minimum absolute atomic E-state index is 0.0521. The number of carbonyl (C=O) groups is 2. The van der Waals surface area contributed by atoms with Crippen molar-refractivity contribution in [2.45, 2.75) is 63.6 Å². The molecule has 1 aliphatic rings. The van der Waals surface area contributed by atoms with Gasteiger partial charge in [-0.05, 0) is 48.2 Å². The normalized spacial score (nSPS) is 14.6. The molecule has 1 atom stereocenters. The molecule has 0 saturated heterocycles. The Bertz CT molecular complexity index is 1250. The first-order chi connectivity index (χ1) is 18.3. The van der Waals surface area contributed by atoms with Gasteiger partial charge in [0.05, 0.1) is 6.42 Å². The summed E-state index contributed by atoms with van der Waals surface area (Å²) in [5.74, 6) is -1.23. The molecule has 0 radical (unpaired) electrons. The molecule has 4 rings (SSSR count). The van der Waals surface area contributed by atoms with Gasteiger partial charge in [-0.15, -0.1) is 0 Å². The number of benzene rings is 3. The summed E-state index contributed by atoms with van der Waals surface area (Å²) in [6.07, 6.45) is 5.09. The quantitative estimate of drug-likeness (QED) is 0.289. The van der Waals surface area contributed by atoms with E-state index in [1.54, 1.807) is 24.3 Å². The molecular weight excluding hydrogens is 546 g/mol. The van der Waals surface area contributed by atoms with Crippen LogP contribution in [0.15, 0.2) is 66.7 Å². The van der Waals surface area contributed by atoms with Crippen LogP contribution in [0.4, 0.5) is 4.39 Å². The van der Waals surface area contributed by atoms with Crippen molar-refractivity contribution in [3.8, 4) is 0 Å². The molecule has 0 aromatic heterocycles. The molecule has 38 heavy (non-hydrogen) atoms. The summed E-state index contributed by atoms with van der Waals surface area (Å²) in [6.45, 7) is 0.0521. The Kier molecular flexibility index (Phi) is 10.1. The van der Waals surface area contributed by atoms with Crippen molar-refractivity contribution in [3.05, 3.63) is 104 Å². The van der Waals surface area contributed by atoms with Gasteiger partial charge in [-0.3, -0.25) is 9.59 Å². The molecule has 1 saturated carbocycles. The molecule has 0 aliphatic heterocycles. The van der Waals surface area contributed by atoms with Crippen molar-refractivity contribution in [2.24, 2.45) is 0 Å². The number of nitrogens with one attached hydrogen (secondary N) is 1. The number of halogens is 4. The molecule has 3 aromatic rings. The topological polar surface area (TPSA) is 49.4 Å². The molecule has 0 unspecified atom stereocenters. The maximum Gasteiger partial charge on any atom is 0.243 e. The third-order valence-corrected chi connectivity index (χ3v) is 7.91. The first-order valence-electron chi connectivity index (χ1n) is 12.8. The van der Waals surface area contributed by atoms with Crippen LogP contribution in [0, 0.1) is 5.82 Å². The fraction of sp³-hybridized carbons (Fsp3) is 0.333. The van der Waals surface area contributed by atoms with Crippen LogP contribution >= 0.6 is 34.8 Å². The van der Waals surface area contributed by atoms with Crippen LogP contribution in [-0.2, 0) is 29.0 Å². The Morgan fingerprint density at radius 3 is 2.34 bits per heavy atom. The van der Waals surface area contributed by atoms with Gasteiger partial charge in [0, 0.05) is 39.6 Å².